The van der Waals surface area contributed by atoms with E-state index in [1.807, 2.05) is 11.8 Å². The van der Waals surface area contributed by atoms with E-state index in [1.54, 1.807) is 0 Å². The van der Waals surface area contributed by atoms with Crippen LogP contribution < -0.4 is 5.73 Å². The molecule has 0 aromatic heterocycles. The molecule has 1 aromatic carbocycles. The zero-order valence-electron chi connectivity index (χ0n) is 10.2. The van der Waals surface area contributed by atoms with E-state index in [1.165, 1.54) is 12.1 Å². The summed E-state index contributed by atoms with van der Waals surface area (Å²) in [6.45, 7) is 2.32. The number of hydrogen-bond acceptors (Lipinski definition) is 3. The Balaban J connectivity index is 2.04. The summed E-state index contributed by atoms with van der Waals surface area (Å²) in [7, 11) is 0. The predicted octanol–water partition coefficient (Wildman–Crippen LogP) is 1.97. The van der Waals surface area contributed by atoms with Crippen LogP contribution >= 0.6 is 0 Å². The van der Waals surface area contributed by atoms with Gasteiger partial charge in [-0.2, -0.15) is 0 Å². The Morgan fingerprint density at radius 3 is 2.72 bits per heavy atom. The van der Waals surface area contributed by atoms with Crippen molar-refractivity contribution in [3.63, 3.8) is 0 Å². The Labute approximate surface area is 104 Å². The molecule has 0 saturated heterocycles. The Bertz CT molecular complexity index is 525. The minimum absolute atomic E-state index is 0.339. The van der Waals surface area contributed by atoms with Crippen LogP contribution in [0.15, 0.2) is 23.2 Å². The number of aliphatic imine (C=N–C) groups is 1. The molecule has 18 heavy (non-hydrogen) atoms. The molecule has 1 fully saturated rings. The number of benzene rings is 1. The van der Waals surface area contributed by atoms with Crippen LogP contribution in [0.4, 0.5) is 8.78 Å². The maximum absolute atomic E-state index is 14.0. The van der Waals surface area contributed by atoms with Gasteiger partial charge in [-0.05, 0) is 25.8 Å². The third kappa shape index (κ3) is 1.57. The van der Waals surface area contributed by atoms with E-state index in [0.717, 1.165) is 18.9 Å². The Kier molecular flexibility index (Phi) is 2.33. The smallest absolute Gasteiger partial charge is 0.192 e. The first-order valence-corrected chi connectivity index (χ1v) is 6.07. The van der Waals surface area contributed by atoms with Gasteiger partial charge in [0.25, 0.3) is 0 Å². The molecule has 1 aliphatic carbocycles. The van der Waals surface area contributed by atoms with E-state index in [4.69, 9.17) is 5.73 Å². The number of guanidine groups is 1. The van der Waals surface area contributed by atoms with Crippen LogP contribution in [0, 0.1) is 11.6 Å². The van der Waals surface area contributed by atoms with Gasteiger partial charge >= 0.3 is 0 Å². The molecule has 96 valence electrons. The van der Waals surface area contributed by atoms with Crippen LogP contribution in [0.5, 0.6) is 0 Å². The number of rotatable bonds is 2. The first kappa shape index (κ1) is 11.4. The Morgan fingerprint density at radius 1 is 1.39 bits per heavy atom. The van der Waals surface area contributed by atoms with Crippen molar-refractivity contribution in [3.05, 3.63) is 35.4 Å². The molecule has 3 nitrogen and oxygen atoms in total. The lowest BCUT2D eigenvalue weighted by molar-refractivity contribution is 0.209. The fraction of sp³-hybridized carbons (Fsp3) is 0.462. The van der Waals surface area contributed by atoms with Gasteiger partial charge in [0.05, 0.1) is 12.1 Å². The molecule has 1 saturated carbocycles. The lowest BCUT2D eigenvalue weighted by Gasteiger charge is -2.37. The quantitative estimate of drug-likeness (QED) is 0.873. The van der Waals surface area contributed by atoms with Crippen molar-refractivity contribution in [2.24, 2.45) is 10.7 Å². The van der Waals surface area contributed by atoms with Crippen LogP contribution in [-0.4, -0.2) is 23.4 Å². The Hall–Kier alpha value is -1.65. The van der Waals surface area contributed by atoms with E-state index in [9.17, 15) is 8.78 Å². The minimum atomic E-state index is -0.594. The molecular weight excluding hydrogens is 236 g/mol. The first-order chi connectivity index (χ1) is 8.52. The van der Waals surface area contributed by atoms with Crippen molar-refractivity contribution in [2.45, 2.75) is 31.3 Å². The number of nitrogens with two attached hydrogens (primary N) is 1. The molecule has 0 amide bonds. The molecule has 0 spiro atoms. The average Bonchev–Trinajstić information content (AvgIpc) is 3.06. The van der Waals surface area contributed by atoms with Crippen molar-refractivity contribution in [3.8, 4) is 0 Å². The van der Waals surface area contributed by atoms with E-state index < -0.39 is 17.2 Å². The summed E-state index contributed by atoms with van der Waals surface area (Å²) in [5.41, 5.74) is 5.76. The monoisotopic (exact) mass is 251 g/mol. The van der Waals surface area contributed by atoms with Crippen molar-refractivity contribution in [1.29, 1.82) is 0 Å². The van der Waals surface area contributed by atoms with Gasteiger partial charge < -0.3 is 10.6 Å². The van der Waals surface area contributed by atoms with Gasteiger partial charge in [-0.25, -0.2) is 8.78 Å². The van der Waals surface area contributed by atoms with Gasteiger partial charge in [0, 0.05) is 17.7 Å². The van der Waals surface area contributed by atoms with Gasteiger partial charge in [0.1, 0.15) is 11.6 Å². The second-order valence-electron chi connectivity index (χ2n) is 5.17. The maximum atomic E-state index is 14.0. The maximum Gasteiger partial charge on any atom is 0.192 e. The summed E-state index contributed by atoms with van der Waals surface area (Å²) in [5, 5.41) is 0. The molecule has 1 unspecified atom stereocenters. The molecule has 0 bridgehead atoms. The fourth-order valence-corrected chi connectivity index (χ4v) is 2.70. The molecule has 1 atom stereocenters. The molecule has 2 N–H and O–H groups in total. The Morgan fingerprint density at radius 2 is 2.11 bits per heavy atom. The topological polar surface area (TPSA) is 41.6 Å². The van der Waals surface area contributed by atoms with Crippen LogP contribution in [0.25, 0.3) is 0 Å². The summed E-state index contributed by atoms with van der Waals surface area (Å²) in [6.07, 6.45) is 2.10. The highest BCUT2D eigenvalue weighted by Gasteiger charge is 2.47. The predicted molar refractivity (Wildman–Crippen MR) is 65.1 cm³/mol. The number of halogens is 2. The summed E-state index contributed by atoms with van der Waals surface area (Å²) < 4.78 is 27.0. The fourth-order valence-electron chi connectivity index (χ4n) is 2.70. The summed E-state index contributed by atoms with van der Waals surface area (Å²) in [6, 6.07) is 4.03. The van der Waals surface area contributed by atoms with Crippen LogP contribution in [0.2, 0.25) is 0 Å². The van der Waals surface area contributed by atoms with Crippen LogP contribution in [0.1, 0.15) is 25.3 Å². The lowest BCUT2D eigenvalue weighted by atomic mass is 9.90. The van der Waals surface area contributed by atoms with Crippen molar-refractivity contribution < 1.29 is 8.78 Å². The third-order valence-electron chi connectivity index (χ3n) is 3.75. The highest BCUT2D eigenvalue weighted by Crippen LogP contribution is 2.42. The van der Waals surface area contributed by atoms with Gasteiger partial charge in [0.15, 0.2) is 5.96 Å². The number of hydrogen-bond donors (Lipinski definition) is 1. The minimum Gasteiger partial charge on any atom is -0.370 e. The normalized spacial score (nSPS) is 27.5. The van der Waals surface area contributed by atoms with Crippen molar-refractivity contribution in [2.75, 3.05) is 6.54 Å². The van der Waals surface area contributed by atoms with Crippen LogP contribution in [-0.2, 0) is 5.54 Å². The lowest BCUT2D eigenvalue weighted by Crippen LogP contribution is -2.49. The van der Waals surface area contributed by atoms with Crippen molar-refractivity contribution >= 4 is 5.96 Å². The van der Waals surface area contributed by atoms with Gasteiger partial charge in [-0.1, -0.05) is 6.07 Å². The summed E-state index contributed by atoms with van der Waals surface area (Å²) in [5.74, 6) is -0.638. The second-order valence-corrected chi connectivity index (χ2v) is 5.17. The summed E-state index contributed by atoms with van der Waals surface area (Å²) in [4.78, 5) is 6.21. The molecule has 2 aliphatic rings. The molecule has 1 aromatic rings. The molecule has 5 heteroatoms. The second kappa shape index (κ2) is 3.67. The average molecular weight is 251 g/mol. The van der Waals surface area contributed by atoms with E-state index in [-0.39, 0.29) is 0 Å². The van der Waals surface area contributed by atoms with Gasteiger partial charge in [-0.3, -0.25) is 4.99 Å². The molecule has 0 radical (unpaired) electrons. The zero-order chi connectivity index (χ0) is 12.9. The van der Waals surface area contributed by atoms with E-state index >= 15 is 0 Å². The molecular formula is C13H15F2N3. The van der Waals surface area contributed by atoms with E-state index in [0.29, 0.717) is 24.1 Å². The van der Waals surface area contributed by atoms with Gasteiger partial charge in [0.2, 0.25) is 0 Å². The van der Waals surface area contributed by atoms with Crippen molar-refractivity contribution in [1.82, 2.24) is 4.90 Å². The largest absolute Gasteiger partial charge is 0.370 e. The number of nitrogens with zero attached hydrogens (tertiary/aromatic N) is 2. The van der Waals surface area contributed by atoms with Gasteiger partial charge in [-0.15, -0.1) is 0 Å². The molecule has 3 rings (SSSR count). The standard InChI is InChI=1S/C13H15F2N3/c1-13(10-5-2-8(14)6-11(10)15)7-17-12(16)18(13)9-3-4-9/h2,5-6,9H,3-4,7H2,1H3,(H2,16,17). The van der Waals surface area contributed by atoms with Crippen LogP contribution in [0.3, 0.4) is 0 Å². The summed E-state index contributed by atoms with van der Waals surface area (Å²) >= 11 is 0. The SMILES string of the molecule is CC1(c2ccc(F)cc2F)CN=C(N)N1C1CC1. The highest BCUT2D eigenvalue weighted by atomic mass is 19.1. The van der Waals surface area contributed by atoms with E-state index in [2.05, 4.69) is 4.99 Å². The third-order valence-corrected chi connectivity index (χ3v) is 3.75. The first-order valence-electron chi connectivity index (χ1n) is 6.07. The molecule has 1 aliphatic heterocycles. The zero-order valence-corrected chi connectivity index (χ0v) is 10.2. The highest BCUT2D eigenvalue weighted by molar-refractivity contribution is 5.82. The molecule has 1 heterocycles.